The number of benzene rings is 2. The third-order valence-corrected chi connectivity index (χ3v) is 5.05. The van der Waals surface area contributed by atoms with Crippen LogP contribution in [0.2, 0.25) is 0 Å². The Morgan fingerprint density at radius 2 is 1.16 bits per heavy atom. The molecule has 0 aliphatic heterocycles. The molecular formula is C25H26F6N2O5. The topological polar surface area (TPSA) is 105 Å². The Morgan fingerprint density at radius 3 is 1.58 bits per heavy atom. The van der Waals surface area contributed by atoms with Crippen LogP contribution in [-0.4, -0.2) is 40.8 Å². The summed E-state index contributed by atoms with van der Waals surface area (Å²) in [6.45, 7) is 4.66. The van der Waals surface area contributed by atoms with E-state index in [-0.39, 0.29) is 11.6 Å². The molecule has 2 aromatic carbocycles. The van der Waals surface area contributed by atoms with Crippen LogP contribution in [0, 0.1) is 34.9 Å². The van der Waals surface area contributed by atoms with Crippen molar-refractivity contribution >= 4 is 18.0 Å². The minimum absolute atomic E-state index is 0.279. The highest BCUT2D eigenvalue weighted by Crippen LogP contribution is 2.19. The second kappa shape index (κ2) is 12.7. The first-order valence-electron chi connectivity index (χ1n) is 11.3. The zero-order valence-corrected chi connectivity index (χ0v) is 20.6. The summed E-state index contributed by atoms with van der Waals surface area (Å²) in [7, 11) is 0. The SMILES string of the molecule is CC(C)(C)OC(=O)N[C@@H](CC(=O)N[C@@H](CC(=O)O)Cc1cc(F)c(F)cc1F)Cc1cc(F)c(F)cc1F. The van der Waals surface area contributed by atoms with Gasteiger partial charge in [-0.3, -0.25) is 9.59 Å². The predicted molar refractivity (Wildman–Crippen MR) is 122 cm³/mol. The van der Waals surface area contributed by atoms with Gasteiger partial charge in [-0.2, -0.15) is 0 Å². The molecule has 0 saturated heterocycles. The number of ether oxygens (including phenoxy) is 1. The van der Waals surface area contributed by atoms with Gasteiger partial charge in [0.1, 0.15) is 17.2 Å². The van der Waals surface area contributed by atoms with Crippen molar-refractivity contribution in [2.45, 2.75) is 64.1 Å². The summed E-state index contributed by atoms with van der Waals surface area (Å²) in [6.07, 6.45) is -3.37. The van der Waals surface area contributed by atoms with Gasteiger partial charge in [0.2, 0.25) is 5.91 Å². The Bertz CT molecular complexity index is 1200. The molecule has 0 radical (unpaired) electrons. The molecule has 0 bridgehead atoms. The third-order valence-electron chi connectivity index (χ3n) is 5.05. The van der Waals surface area contributed by atoms with Crippen LogP contribution in [0.3, 0.4) is 0 Å². The Hall–Kier alpha value is -3.77. The van der Waals surface area contributed by atoms with E-state index in [1.54, 1.807) is 20.8 Å². The van der Waals surface area contributed by atoms with Crippen LogP contribution in [0.15, 0.2) is 24.3 Å². The van der Waals surface area contributed by atoms with Crippen molar-refractivity contribution in [3.05, 3.63) is 70.3 Å². The summed E-state index contributed by atoms with van der Waals surface area (Å²) in [6, 6.07) is -0.859. The lowest BCUT2D eigenvalue weighted by molar-refractivity contribution is -0.137. The molecule has 2 amide bonds. The normalized spacial score (nSPS) is 13.0. The summed E-state index contributed by atoms with van der Waals surface area (Å²) in [5.41, 5.74) is -1.72. The van der Waals surface area contributed by atoms with E-state index in [0.29, 0.717) is 18.2 Å². The molecular weight excluding hydrogens is 522 g/mol. The van der Waals surface area contributed by atoms with E-state index in [4.69, 9.17) is 9.84 Å². The molecule has 3 N–H and O–H groups in total. The summed E-state index contributed by atoms with van der Waals surface area (Å²) in [5.74, 6) is -10.2. The average Bonchev–Trinajstić information content (AvgIpc) is 2.73. The van der Waals surface area contributed by atoms with Crippen LogP contribution in [0.25, 0.3) is 0 Å². The van der Waals surface area contributed by atoms with Gasteiger partial charge in [-0.25, -0.2) is 31.1 Å². The number of carboxylic acids is 1. The van der Waals surface area contributed by atoms with E-state index in [2.05, 4.69) is 10.6 Å². The summed E-state index contributed by atoms with van der Waals surface area (Å²) >= 11 is 0. The highest BCUT2D eigenvalue weighted by molar-refractivity contribution is 5.79. The van der Waals surface area contributed by atoms with Crippen molar-refractivity contribution < 1.29 is 50.6 Å². The van der Waals surface area contributed by atoms with Crippen molar-refractivity contribution in [1.82, 2.24) is 10.6 Å². The van der Waals surface area contributed by atoms with Gasteiger partial charge in [0.25, 0.3) is 0 Å². The number of aliphatic carboxylic acids is 1. The molecule has 0 saturated carbocycles. The Labute approximate surface area is 214 Å². The number of hydrogen-bond acceptors (Lipinski definition) is 4. The van der Waals surface area contributed by atoms with Crippen LogP contribution < -0.4 is 10.6 Å². The molecule has 13 heteroatoms. The summed E-state index contributed by atoms with van der Waals surface area (Å²) in [5, 5.41) is 13.8. The monoisotopic (exact) mass is 548 g/mol. The Balaban J connectivity index is 2.24. The van der Waals surface area contributed by atoms with Crippen LogP contribution in [0.4, 0.5) is 31.1 Å². The van der Waals surface area contributed by atoms with Crippen molar-refractivity contribution in [1.29, 1.82) is 0 Å². The lowest BCUT2D eigenvalue weighted by atomic mass is 10.00. The van der Waals surface area contributed by atoms with Gasteiger partial charge in [-0.1, -0.05) is 0 Å². The molecule has 0 fully saturated rings. The first-order chi connectivity index (χ1) is 17.5. The minimum Gasteiger partial charge on any atom is -0.481 e. The van der Waals surface area contributed by atoms with Crippen LogP contribution in [-0.2, 0) is 27.2 Å². The van der Waals surface area contributed by atoms with Crippen LogP contribution in [0.5, 0.6) is 0 Å². The lowest BCUT2D eigenvalue weighted by Gasteiger charge is -2.24. The molecule has 0 spiro atoms. The van der Waals surface area contributed by atoms with E-state index in [1.807, 2.05) is 0 Å². The maximum Gasteiger partial charge on any atom is 0.407 e. The van der Waals surface area contributed by atoms with Gasteiger partial charge >= 0.3 is 12.1 Å². The number of carbonyl (C=O) groups excluding carboxylic acids is 2. The average molecular weight is 548 g/mol. The summed E-state index contributed by atoms with van der Waals surface area (Å²) < 4.78 is 87.2. The van der Waals surface area contributed by atoms with Gasteiger partial charge in [0, 0.05) is 30.6 Å². The molecule has 0 unspecified atom stereocenters. The second-order valence-electron chi connectivity index (χ2n) is 9.53. The van der Waals surface area contributed by atoms with E-state index in [0.717, 1.165) is 0 Å². The van der Waals surface area contributed by atoms with Gasteiger partial charge in [0.05, 0.1) is 6.42 Å². The molecule has 208 valence electrons. The van der Waals surface area contributed by atoms with E-state index < -0.39 is 102 Å². The first kappa shape index (κ1) is 30.5. The molecule has 7 nitrogen and oxygen atoms in total. The highest BCUT2D eigenvalue weighted by atomic mass is 19.2. The Morgan fingerprint density at radius 1 is 0.737 bits per heavy atom. The van der Waals surface area contributed by atoms with E-state index in [9.17, 15) is 40.7 Å². The number of carboxylic acid groups (broad SMARTS) is 1. The molecule has 2 rings (SSSR count). The molecule has 0 aliphatic rings. The van der Waals surface area contributed by atoms with Crippen LogP contribution >= 0.6 is 0 Å². The number of carbonyl (C=O) groups is 3. The molecule has 2 atom stereocenters. The zero-order valence-electron chi connectivity index (χ0n) is 20.6. The number of amides is 2. The number of nitrogens with one attached hydrogen (secondary N) is 2. The summed E-state index contributed by atoms with van der Waals surface area (Å²) in [4.78, 5) is 36.3. The number of hydrogen-bond donors (Lipinski definition) is 3. The molecule has 0 aliphatic carbocycles. The van der Waals surface area contributed by atoms with E-state index in [1.165, 1.54) is 0 Å². The predicted octanol–water partition coefficient (Wildman–Crippen LogP) is 4.55. The largest absolute Gasteiger partial charge is 0.481 e. The lowest BCUT2D eigenvalue weighted by Crippen LogP contribution is -2.45. The number of alkyl carbamates (subject to hydrolysis) is 1. The van der Waals surface area contributed by atoms with Crippen molar-refractivity contribution in [3.63, 3.8) is 0 Å². The fourth-order valence-electron chi connectivity index (χ4n) is 3.52. The first-order valence-corrected chi connectivity index (χ1v) is 11.3. The molecule has 2 aromatic rings. The zero-order chi connectivity index (χ0) is 28.8. The molecule has 0 heterocycles. The maximum atomic E-state index is 14.2. The Kier molecular flexibility index (Phi) is 10.1. The fourth-order valence-corrected chi connectivity index (χ4v) is 3.52. The van der Waals surface area contributed by atoms with Gasteiger partial charge in [-0.05, 0) is 56.9 Å². The quantitative estimate of drug-likeness (QED) is 0.299. The second-order valence-corrected chi connectivity index (χ2v) is 9.53. The van der Waals surface area contributed by atoms with Gasteiger partial charge < -0.3 is 20.5 Å². The van der Waals surface area contributed by atoms with Gasteiger partial charge in [-0.15, -0.1) is 0 Å². The van der Waals surface area contributed by atoms with Crippen molar-refractivity contribution in [3.8, 4) is 0 Å². The fraction of sp³-hybridized carbons (Fsp3) is 0.400. The third kappa shape index (κ3) is 9.60. The van der Waals surface area contributed by atoms with Crippen molar-refractivity contribution in [2.24, 2.45) is 0 Å². The standard InChI is InChI=1S/C25H26F6N2O5/c1-25(2,3)38-24(37)33-14(4-12-6-18(28)20(30)10-16(12)26)8-22(34)32-15(9-23(35)36)5-13-7-19(29)21(31)11-17(13)27/h6-7,10-11,14-15H,4-5,8-9H2,1-3H3,(H,32,34)(H,33,37)(H,35,36)/t14-,15-/m1/s1. The van der Waals surface area contributed by atoms with E-state index >= 15 is 0 Å². The molecule has 0 aromatic heterocycles. The number of halogens is 6. The molecule has 38 heavy (non-hydrogen) atoms. The maximum absolute atomic E-state index is 14.2. The van der Waals surface area contributed by atoms with Crippen LogP contribution in [0.1, 0.15) is 44.7 Å². The number of rotatable bonds is 10. The highest BCUT2D eigenvalue weighted by Gasteiger charge is 2.26. The smallest absolute Gasteiger partial charge is 0.407 e. The minimum atomic E-state index is -1.45. The van der Waals surface area contributed by atoms with Crippen molar-refractivity contribution in [2.75, 3.05) is 0 Å². The van der Waals surface area contributed by atoms with Gasteiger partial charge in [0.15, 0.2) is 23.3 Å².